The number of likely N-dealkylation sites (tertiary alicyclic amines) is 1. The van der Waals surface area contributed by atoms with Gasteiger partial charge in [0.25, 0.3) is 0 Å². The molecule has 20 heavy (non-hydrogen) atoms. The molecule has 0 aromatic carbocycles. The van der Waals surface area contributed by atoms with Crippen LogP contribution in [0.25, 0.3) is 0 Å². The Balaban J connectivity index is 1.48. The molecule has 4 heteroatoms. The first kappa shape index (κ1) is 14.3. The molecule has 2 unspecified atom stereocenters. The zero-order valence-electron chi connectivity index (χ0n) is 12.7. The second-order valence-electron chi connectivity index (χ2n) is 7.37. The van der Waals surface area contributed by atoms with E-state index in [0.717, 1.165) is 51.2 Å². The summed E-state index contributed by atoms with van der Waals surface area (Å²) in [5.41, 5.74) is 5.77. The average Bonchev–Trinajstić information content (AvgIpc) is 3.23. The Morgan fingerprint density at radius 2 is 1.90 bits per heavy atom. The van der Waals surface area contributed by atoms with Gasteiger partial charge >= 0.3 is 0 Å². The van der Waals surface area contributed by atoms with Crippen LogP contribution in [0.5, 0.6) is 0 Å². The van der Waals surface area contributed by atoms with E-state index >= 15 is 0 Å². The lowest BCUT2D eigenvalue weighted by atomic mass is 9.76. The molecule has 0 radical (unpaired) electrons. The highest BCUT2D eigenvalue weighted by Gasteiger charge is 2.39. The van der Waals surface area contributed by atoms with E-state index in [9.17, 15) is 4.79 Å². The van der Waals surface area contributed by atoms with Crippen LogP contribution in [-0.2, 0) is 4.79 Å². The van der Waals surface area contributed by atoms with Gasteiger partial charge in [-0.15, -0.1) is 0 Å². The lowest BCUT2D eigenvalue weighted by molar-refractivity contribution is -0.129. The molecule has 114 valence electrons. The molecular formula is C16H29N3O. The maximum Gasteiger partial charge on any atom is 0.240 e. The van der Waals surface area contributed by atoms with Crippen LogP contribution in [0.3, 0.4) is 0 Å². The predicted octanol–water partition coefficient (Wildman–Crippen LogP) is 1.64. The van der Waals surface area contributed by atoms with Crippen molar-refractivity contribution in [2.45, 2.75) is 75.9 Å². The van der Waals surface area contributed by atoms with Crippen LogP contribution in [0.1, 0.15) is 58.3 Å². The molecular weight excluding hydrogens is 250 g/mol. The lowest BCUT2D eigenvalue weighted by Gasteiger charge is -2.38. The molecule has 3 N–H and O–H groups in total. The molecule has 3 rings (SSSR count). The summed E-state index contributed by atoms with van der Waals surface area (Å²) < 4.78 is 0. The van der Waals surface area contributed by atoms with Crippen LogP contribution >= 0.6 is 0 Å². The van der Waals surface area contributed by atoms with E-state index in [1.165, 1.54) is 19.3 Å². The van der Waals surface area contributed by atoms with Gasteiger partial charge in [0.2, 0.25) is 5.91 Å². The predicted molar refractivity (Wildman–Crippen MR) is 80.3 cm³/mol. The van der Waals surface area contributed by atoms with Gasteiger partial charge in [0.05, 0.1) is 5.54 Å². The number of piperidine rings is 1. The van der Waals surface area contributed by atoms with Crippen LogP contribution < -0.4 is 11.1 Å². The van der Waals surface area contributed by atoms with Gasteiger partial charge in [0.15, 0.2) is 0 Å². The Labute approximate surface area is 122 Å². The highest BCUT2D eigenvalue weighted by atomic mass is 16.2. The number of nitrogens with one attached hydrogen (secondary N) is 1. The van der Waals surface area contributed by atoms with E-state index in [1.807, 2.05) is 0 Å². The van der Waals surface area contributed by atoms with Crippen molar-refractivity contribution in [2.24, 2.45) is 11.7 Å². The molecule has 2 saturated carbocycles. The number of hydrogen-bond donors (Lipinski definition) is 2. The van der Waals surface area contributed by atoms with Crippen molar-refractivity contribution >= 4 is 5.91 Å². The van der Waals surface area contributed by atoms with Gasteiger partial charge < -0.3 is 16.0 Å². The zero-order chi connectivity index (χ0) is 14.2. The third-order valence-electron chi connectivity index (χ3n) is 5.41. The van der Waals surface area contributed by atoms with E-state index in [1.54, 1.807) is 0 Å². The Morgan fingerprint density at radius 3 is 2.50 bits per heavy atom. The van der Waals surface area contributed by atoms with Crippen LogP contribution in [0.4, 0.5) is 0 Å². The number of nitrogens with two attached hydrogens (primary N) is 1. The molecule has 1 heterocycles. The van der Waals surface area contributed by atoms with Gasteiger partial charge in [0.1, 0.15) is 0 Å². The highest BCUT2D eigenvalue weighted by molar-refractivity contribution is 5.86. The third kappa shape index (κ3) is 3.17. The van der Waals surface area contributed by atoms with Crippen LogP contribution in [0.2, 0.25) is 0 Å². The number of carbonyl (C=O) groups is 1. The van der Waals surface area contributed by atoms with Crippen molar-refractivity contribution in [3.05, 3.63) is 0 Å². The third-order valence-corrected chi connectivity index (χ3v) is 5.41. The fourth-order valence-corrected chi connectivity index (χ4v) is 3.98. The van der Waals surface area contributed by atoms with Crippen molar-refractivity contribution in [2.75, 3.05) is 13.1 Å². The van der Waals surface area contributed by atoms with Crippen molar-refractivity contribution < 1.29 is 4.79 Å². The molecule has 1 amide bonds. The van der Waals surface area contributed by atoms with E-state index in [-0.39, 0.29) is 5.91 Å². The molecule has 4 nitrogen and oxygen atoms in total. The summed E-state index contributed by atoms with van der Waals surface area (Å²) in [6.07, 6.45) is 8.93. The quantitative estimate of drug-likeness (QED) is 0.825. The first-order chi connectivity index (χ1) is 9.57. The average molecular weight is 279 g/mol. The summed E-state index contributed by atoms with van der Waals surface area (Å²) in [5.74, 6) is 0.685. The molecule has 3 aliphatic rings. The Bertz CT molecular complexity index is 361. The van der Waals surface area contributed by atoms with Crippen molar-refractivity contribution in [3.8, 4) is 0 Å². The van der Waals surface area contributed by atoms with Gasteiger partial charge in [-0.25, -0.2) is 0 Å². The molecule has 1 aliphatic heterocycles. The minimum atomic E-state index is -0.606. The smallest absolute Gasteiger partial charge is 0.240 e. The fraction of sp³-hybridized carbons (Fsp3) is 0.938. The maximum absolute atomic E-state index is 12.5. The molecule has 0 aromatic heterocycles. The van der Waals surface area contributed by atoms with Gasteiger partial charge in [-0.3, -0.25) is 4.79 Å². The van der Waals surface area contributed by atoms with Crippen LogP contribution in [0, 0.1) is 5.92 Å². The van der Waals surface area contributed by atoms with Crippen LogP contribution in [-0.4, -0.2) is 41.5 Å². The normalized spacial score (nSPS) is 36.8. The van der Waals surface area contributed by atoms with Gasteiger partial charge in [-0.1, -0.05) is 19.8 Å². The second kappa shape index (κ2) is 5.64. The maximum atomic E-state index is 12.5. The van der Waals surface area contributed by atoms with Crippen molar-refractivity contribution in [3.63, 3.8) is 0 Å². The topological polar surface area (TPSA) is 58.4 Å². The number of hydrogen-bond acceptors (Lipinski definition) is 3. The summed E-state index contributed by atoms with van der Waals surface area (Å²) in [4.78, 5) is 15.1. The summed E-state index contributed by atoms with van der Waals surface area (Å²) >= 11 is 0. The number of carbonyl (C=O) groups excluding carboxylic acids is 1. The Hall–Kier alpha value is -0.610. The van der Waals surface area contributed by atoms with Crippen molar-refractivity contribution in [1.82, 2.24) is 10.2 Å². The fourth-order valence-electron chi connectivity index (χ4n) is 3.98. The monoisotopic (exact) mass is 279 g/mol. The molecule has 0 bridgehead atoms. The number of nitrogens with zero attached hydrogens (tertiary/aromatic N) is 1. The Morgan fingerprint density at radius 1 is 1.20 bits per heavy atom. The number of rotatable bonds is 3. The first-order valence-corrected chi connectivity index (χ1v) is 8.41. The standard InChI is InChI=1S/C16H29N3O/c1-12-3-2-8-16(17,11-12)15(20)18-13-6-9-19(10-7-13)14-4-5-14/h12-14H,2-11,17H2,1H3,(H,18,20). The lowest BCUT2D eigenvalue weighted by Crippen LogP contribution is -2.59. The van der Waals surface area contributed by atoms with E-state index < -0.39 is 5.54 Å². The molecule has 2 atom stereocenters. The number of amides is 1. The molecule has 0 aromatic rings. The van der Waals surface area contributed by atoms with E-state index in [2.05, 4.69) is 17.1 Å². The van der Waals surface area contributed by atoms with E-state index in [0.29, 0.717) is 12.0 Å². The zero-order valence-corrected chi connectivity index (χ0v) is 12.7. The Kier molecular flexibility index (Phi) is 4.04. The summed E-state index contributed by atoms with van der Waals surface area (Å²) in [6.45, 7) is 4.50. The van der Waals surface area contributed by atoms with Gasteiger partial charge in [-0.2, -0.15) is 0 Å². The second-order valence-corrected chi connectivity index (χ2v) is 7.37. The van der Waals surface area contributed by atoms with E-state index in [4.69, 9.17) is 5.73 Å². The van der Waals surface area contributed by atoms with Gasteiger partial charge in [0, 0.05) is 25.2 Å². The van der Waals surface area contributed by atoms with Gasteiger partial charge in [-0.05, 0) is 44.4 Å². The minimum absolute atomic E-state index is 0.105. The SMILES string of the molecule is CC1CCCC(N)(C(=O)NC2CCN(C3CC3)CC2)C1. The highest BCUT2D eigenvalue weighted by Crippen LogP contribution is 2.32. The minimum Gasteiger partial charge on any atom is -0.352 e. The molecule has 2 aliphatic carbocycles. The largest absolute Gasteiger partial charge is 0.352 e. The summed E-state index contributed by atoms with van der Waals surface area (Å²) in [7, 11) is 0. The molecule has 1 saturated heterocycles. The molecule has 3 fully saturated rings. The van der Waals surface area contributed by atoms with Crippen molar-refractivity contribution in [1.29, 1.82) is 0 Å². The first-order valence-electron chi connectivity index (χ1n) is 8.41. The van der Waals surface area contributed by atoms with Crippen LogP contribution in [0.15, 0.2) is 0 Å². The summed E-state index contributed by atoms with van der Waals surface area (Å²) in [6, 6.07) is 1.20. The summed E-state index contributed by atoms with van der Waals surface area (Å²) in [5, 5.41) is 3.24. The molecule has 0 spiro atoms.